The van der Waals surface area contributed by atoms with Gasteiger partial charge in [0.15, 0.2) is 5.11 Å². The summed E-state index contributed by atoms with van der Waals surface area (Å²) in [5, 5.41) is 8.61. The van der Waals surface area contributed by atoms with Crippen LogP contribution in [-0.4, -0.2) is 30.1 Å². The van der Waals surface area contributed by atoms with Gasteiger partial charge in [0, 0.05) is 23.4 Å². The zero-order valence-electron chi connectivity index (χ0n) is 16.8. The number of benzene rings is 2. The third-order valence-corrected chi connectivity index (χ3v) is 4.20. The van der Waals surface area contributed by atoms with Crippen molar-refractivity contribution in [3.05, 3.63) is 59.7 Å². The van der Waals surface area contributed by atoms with Crippen molar-refractivity contribution in [2.24, 2.45) is 0 Å². The maximum absolute atomic E-state index is 12.4. The van der Waals surface area contributed by atoms with Gasteiger partial charge in [0.1, 0.15) is 5.75 Å². The number of ether oxygens (including phenoxy) is 1. The predicted molar refractivity (Wildman–Crippen MR) is 120 cm³/mol. The highest BCUT2D eigenvalue weighted by Crippen LogP contribution is 2.14. The molecule has 0 radical (unpaired) electrons. The highest BCUT2D eigenvalue weighted by Gasteiger charge is 2.10. The zero-order chi connectivity index (χ0) is 21.1. The van der Waals surface area contributed by atoms with Crippen molar-refractivity contribution < 1.29 is 14.3 Å². The van der Waals surface area contributed by atoms with E-state index in [0.717, 1.165) is 19.3 Å². The Morgan fingerprint density at radius 3 is 2.41 bits per heavy atom. The molecule has 0 aliphatic rings. The van der Waals surface area contributed by atoms with Crippen molar-refractivity contribution in [2.75, 3.05) is 18.5 Å². The minimum absolute atomic E-state index is 0.138. The van der Waals surface area contributed by atoms with Crippen LogP contribution in [0.4, 0.5) is 5.69 Å². The molecule has 2 amide bonds. The van der Waals surface area contributed by atoms with Gasteiger partial charge in [0.05, 0.1) is 6.61 Å². The standard InChI is InChI=1S/C22H27N3O3S/c1-3-5-12-23-20(26)16-8-6-10-18(14-16)24-22(29)25-21(27)17-9-7-11-19(15-17)28-13-4-2/h6-11,14-15H,3-5,12-13H2,1-2H3,(H,23,26)(H2,24,25,27,29). The molecule has 0 atom stereocenters. The molecule has 0 saturated carbocycles. The highest BCUT2D eigenvalue weighted by molar-refractivity contribution is 7.80. The first-order valence-corrected chi connectivity index (χ1v) is 10.2. The van der Waals surface area contributed by atoms with E-state index < -0.39 is 0 Å². The third-order valence-electron chi connectivity index (χ3n) is 3.99. The van der Waals surface area contributed by atoms with Crippen LogP contribution < -0.4 is 20.7 Å². The summed E-state index contributed by atoms with van der Waals surface area (Å²) in [6, 6.07) is 13.9. The Kier molecular flexibility index (Phi) is 9.11. The number of carbonyl (C=O) groups is 2. The van der Waals surface area contributed by atoms with E-state index in [4.69, 9.17) is 17.0 Å². The van der Waals surface area contributed by atoms with Crippen LogP contribution in [0.15, 0.2) is 48.5 Å². The lowest BCUT2D eigenvalue weighted by molar-refractivity contribution is 0.0950. The van der Waals surface area contributed by atoms with Crippen molar-refractivity contribution in [2.45, 2.75) is 33.1 Å². The summed E-state index contributed by atoms with van der Waals surface area (Å²) in [5.74, 6) is 0.166. The van der Waals surface area contributed by atoms with Gasteiger partial charge in [-0.15, -0.1) is 0 Å². The molecular formula is C22H27N3O3S. The average Bonchev–Trinajstić information content (AvgIpc) is 2.72. The first kappa shape index (κ1) is 22.4. The van der Waals surface area contributed by atoms with E-state index in [1.54, 1.807) is 48.5 Å². The van der Waals surface area contributed by atoms with Crippen LogP contribution in [0.25, 0.3) is 0 Å². The summed E-state index contributed by atoms with van der Waals surface area (Å²) in [4.78, 5) is 24.6. The van der Waals surface area contributed by atoms with Gasteiger partial charge >= 0.3 is 0 Å². The van der Waals surface area contributed by atoms with Crippen LogP contribution >= 0.6 is 12.2 Å². The predicted octanol–water partition coefficient (Wildman–Crippen LogP) is 4.13. The first-order chi connectivity index (χ1) is 14.0. The number of rotatable bonds is 9. The highest BCUT2D eigenvalue weighted by atomic mass is 32.1. The van der Waals surface area contributed by atoms with Crippen LogP contribution in [0.5, 0.6) is 5.75 Å². The second kappa shape index (κ2) is 11.8. The Balaban J connectivity index is 1.94. The second-order valence-electron chi connectivity index (χ2n) is 6.47. The minimum Gasteiger partial charge on any atom is -0.494 e. The smallest absolute Gasteiger partial charge is 0.257 e. The van der Waals surface area contributed by atoms with Crippen LogP contribution in [0.1, 0.15) is 53.8 Å². The molecule has 29 heavy (non-hydrogen) atoms. The fourth-order valence-electron chi connectivity index (χ4n) is 2.50. The Hall–Kier alpha value is -2.93. The molecule has 2 rings (SSSR count). The fourth-order valence-corrected chi connectivity index (χ4v) is 2.71. The lowest BCUT2D eigenvalue weighted by Crippen LogP contribution is -2.34. The second-order valence-corrected chi connectivity index (χ2v) is 6.88. The van der Waals surface area contributed by atoms with Gasteiger partial charge < -0.3 is 15.4 Å². The van der Waals surface area contributed by atoms with Gasteiger partial charge in [-0.2, -0.15) is 0 Å². The summed E-state index contributed by atoms with van der Waals surface area (Å²) >= 11 is 5.23. The van der Waals surface area contributed by atoms with Gasteiger partial charge in [-0.05, 0) is 61.5 Å². The summed E-state index contributed by atoms with van der Waals surface area (Å²) in [7, 11) is 0. The molecular weight excluding hydrogens is 386 g/mol. The van der Waals surface area contributed by atoms with Gasteiger partial charge in [0.25, 0.3) is 11.8 Å². The first-order valence-electron chi connectivity index (χ1n) is 9.77. The van der Waals surface area contributed by atoms with Crippen LogP contribution in [0.2, 0.25) is 0 Å². The van der Waals surface area contributed by atoms with Crippen LogP contribution in [0.3, 0.4) is 0 Å². The van der Waals surface area contributed by atoms with E-state index >= 15 is 0 Å². The molecule has 0 unspecified atom stereocenters. The summed E-state index contributed by atoms with van der Waals surface area (Å²) in [6.45, 7) is 5.32. The molecule has 0 heterocycles. The largest absolute Gasteiger partial charge is 0.494 e. The van der Waals surface area contributed by atoms with E-state index in [1.165, 1.54) is 0 Å². The number of hydrogen-bond donors (Lipinski definition) is 3. The Bertz CT molecular complexity index is 855. The van der Waals surface area contributed by atoms with Crippen molar-refractivity contribution in [3.8, 4) is 5.75 Å². The molecule has 0 saturated heterocycles. The molecule has 6 nitrogen and oxygen atoms in total. The normalized spacial score (nSPS) is 10.1. The molecule has 7 heteroatoms. The number of amides is 2. The van der Waals surface area contributed by atoms with E-state index in [0.29, 0.717) is 35.7 Å². The average molecular weight is 414 g/mol. The Morgan fingerprint density at radius 2 is 1.69 bits per heavy atom. The molecule has 0 fully saturated rings. The number of thiocarbonyl (C=S) groups is 1. The molecule has 0 bridgehead atoms. The van der Waals surface area contributed by atoms with E-state index in [2.05, 4.69) is 22.9 Å². The quantitative estimate of drug-likeness (QED) is 0.425. The lowest BCUT2D eigenvalue weighted by Gasteiger charge is -2.12. The summed E-state index contributed by atoms with van der Waals surface area (Å²) in [6.07, 6.45) is 2.84. The topological polar surface area (TPSA) is 79.5 Å². The van der Waals surface area contributed by atoms with Crippen molar-refractivity contribution in [3.63, 3.8) is 0 Å². The monoisotopic (exact) mass is 413 g/mol. The molecule has 2 aromatic carbocycles. The maximum atomic E-state index is 12.4. The SMILES string of the molecule is CCCCNC(=O)c1cccc(NC(=S)NC(=O)c2cccc(OCCC)c2)c1. The number of anilines is 1. The zero-order valence-corrected chi connectivity index (χ0v) is 17.6. The van der Waals surface area contributed by atoms with E-state index in [9.17, 15) is 9.59 Å². The van der Waals surface area contributed by atoms with E-state index in [1.807, 2.05) is 6.92 Å². The molecule has 0 aliphatic carbocycles. The Morgan fingerprint density at radius 1 is 0.966 bits per heavy atom. The van der Waals surface area contributed by atoms with Gasteiger partial charge in [-0.3, -0.25) is 14.9 Å². The lowest BCUT2D eigenvalue weighted by atomic mass is 10.2. The third kappa shape index (κ3) is 7.54. The van der Waals surface area contributed by atoms with E-state index in [-0.39, 0.29) is 16.9 Å². The molecule has 0 aromatic heterocycles. The maximum Gasteiger partial charge on any atom is 0.257 e. The van der Waals surface area contributed by atoms with Crippen LogP contribution in [-0.2, 0) is 0 Å². The number of unbranched alkanes of at least 4 members (excludes halogenated alkanes) is 1. The molecule has 2 aromatic rings. The number of hydrogen-bond acceptors (Lipinski definition) is 4. The molecule has 0 aliphatic heterocycles. The van der Waals surface area contributed by atoms with Gasteiger partial charge in [-0.1, -0.05) is 32.4 Å². The summed E-state index contributed by atoms with van der Waals surface area (Å²) < 4.78 is 5.55. The molecule has 0 spiro atoms. The van der Waals surface area contributed by atoms with Crippen molar-refractivity contribution >= 4 is 34.8 Å². The fraction of sp³-hybridized carbons (Fsp3) is 0.318. The Labute approximate surface area is 177 Å². The van der Waals surface area contributed by atoms with Gasteiger partial charge in [0.2, 0.25) is 0 Å². The number of nitrogens with one attached hydrogen (secondary N) is 3. The molecule has 3 N–H and O–H groups in total. The number of carbonyl (C=O) groups excluding carboxylic acids is 2. The minimum atomic E-state index is -0.335. The van der Waals surface area contributed by atoms with Gasteiger partial charge in [-0.25, -0.2) is 0 Å². The summed E-state index contributed by atoms with van der Waals surface area (Å²) in [5.41, 5.74) is 1.60. The van der Waals surface area contributed by atoms with Crippen molar-refractivity contribution in [1.29, 1.82) is 0 Å². The van der Waals surface area contributed by atoms with Crippen LogP contribution in [0, 0.1) is 0 Å². The molecule has 154 valence electrons. The van der Waals surface area contributed by atoms with Crippen molar-refractivity contribution in [1.82, 2.24) is 10.6 Å².